The molecule has 3 heterocycles. The van der Waals surface area contributed by atoms with Crippen molar-refractivity contribution in [1.82, 2.24) is 15.2 Å². The number of nitrogens with one attached hydrogen (secondary N) is 1. The Morgan fingerprint density at radius 1 is 1.35 bits per heavy atom. The molecule has 0 saturated carbocycles. The third-order valence-electron chi connectivity index (χ3n) is 5.28. The summed E-state index contributed by atoms with van der Waals surface area (Å²) in [5.41, 5.74) is 0.400. The van der Waals surface area contributed by atoms with Gasteiger partial charge in [-0.2, -0.15) is 13.2 Å². The SMILES string of the molecule is CCCC(=O)N1CC2(C1)OCCC2CCNC(=O)c1cccnc1.O=C(O)C(F)(F)F. The number of nitrogens with zero attached hydrogens (tertiary/aromatic N) is 2. The molecule has 2 aliphatic heterocycles. The van der Waals surface area contributed by atoms with Crippen LogP contribution < -0.4 is 5.32 Å². The standard InChI is InChI=1S/C18H25N3O3.C2HF3O2/c1-2-4-16(22)21-12-18(13-21)15(7-10-24-18)6-9-20-17(23)14-5-3-8-19-11-14;3-2(4,5)1(6)7/h3,5,8,11,15H,2,4,6-7,9-10,12-13H2,1H3,(H,20,23);(H,6,7). The molecule has 2 fully saturated rings. The van der Waals surface area contributed by atoms with Crippen LogP contribution in [0.1, 0.15) is 43.0 Å². The molecule has 11 heteroatoms. The number of alkyl halides is 3. The van der Waals surface area contributed by atoms with Crippen molar-refractivity contribution >= 4 is 17.8 Å². The Hall–Kier alpha value is -2.69. The summed E-state index contributed by atoms with van der Waals surface area (Å²) in [6.07, 6.45) is 1.51. The van der Waals surface area contributed by atoms with Gasteiger partial charge < -0.3 is 20.1 Å². The van der Waals surface area contributed by atoms with Crippen molar-refractivity contribution in [3.63, 3.8) is 0 Å². The molecule has 0 radical (unpaired) electrons. The monoisotopic (exact) mass is 445 g/mol. The lowest BCUT2D eigenvalue weighted by Gasteiger charge is -2.50. The lowest BCUT2D eigenvalue weighted by atomic mass is 9.78. The molecule has 2 amide bonds. The number of rotatable bonds is 6. The normalized spacial score (nSPS) is 19.2. The molecular formula is C20H26F3N3O5. The molecule has 1 aromatic heterocycles. The molecule has 31 heavy (non-hydrogen) atoms. The maximum absolute atomic E-state index is 12.0. The fourth-order valence-electron chi connectivity index (χ4n) is 3.65. The van der Waals surface area contributed by atoms with E-state index in [9.17, 15) is 22.8 Å². The van der Waals surface area contributed by atoms with E-state index in [1.165, 1.54) is 0 Å². The van der Waals surface area contributed by atoms with Gasteiger partial charge in [0.05, 0.1) is 18.7 Å². The van der Waals surface area contributed by atoms with Crippen LogP contribution in [0, 0.1) is 5.92 Å². The van der Waals surface area contributed by atoms with Crippen molar-refractivity contribution in [3.8, 4) is 0 Å². The number of carboxylic acids is 1. The third-order valence-corrected chi connectivity index (χ3v) is 5.28. The second-order valence-corrected chi connectivity index (χ2v) is 7.49. The summed E-state index contributed by atoms with van der Waals surface area (Å²) in [7, 11) is 0. The minimum Gasteiger partial charge on any atom is -0.475 e. The van der Waals surface area contributed by atoms with Crippen LogP contribution in [0.3, 0.4) is 0 Å². The summed E-state index contributed by atoms with van der Waals surface area (Å²) in [5, 5.41) is 10.1. The Morgan fingerprint density at radius 2 is 2.03 bits per heavy atom. The summed E-state index contributed by atoms with van der Waals surface area (Å²) in [4.78, 5) is 38.7. The first kappa shape index (κ1) is 24.6. The van der Waals surface area contributed by atoms with Crippen LogP contribution in [0.25, 0.3) is 0 Å². The molecule has 0 bridgehead atoms. The molecule has 1 spiro atoms. The average molecular weight is 445 g/mol. The van der Waals surface area contributed by atoms with Gasteiger partial charge in [0.2, 0.25) is 5.91 Å². The number of aromatic nitrogens is 1. The highest BCUT2D eigenvalue weighted by molar-refractivity contribution is 5.93. The number of carboxylic acid groups (broad SMARTS) is 1. The molecule has 2 N–H and O–H groups in total. The number of carbonyl (C=O) groups is 3. The first-order valence-electron chi connectivity index (χ1n) is 9.99. The Morgan fingerprint density at radius 3 is 2.58 bits per heavy atom. The van der Waals surface area contributed by atoms with Gasteiger partial charge in [0, 0.05) is 32.0 Å². The van der Waals surface area contributed by atoms with Crippen LogP contribution in [0.2, 0.25) is 0 Å². The number of likely N-dealkylation sites (tertiary alicyclic amines) is 1. The maximum Gasteiger partial charge on any atom is 0.490 e. The van der Waals surface area contributed by atoms with Crippen molar-refractivity contribution in [3.05, 3.63) is 30.1 Å². The van der Waals surface area contributed by atoms with Crippen molar-refractivity contribution in [1.29, 1.82) is 0 Å². The summed E-state index contributed by atoms with van der Waals surface area (Å²) in [5.74, 6) is -2.23. The molecule has 2 aliphatic rings. The Kier molecular flexibility index (Phi) is 8.37. The van der Waals surface area contributed by atoms with E-state index in [2.05, 4.69) is 10.3 Å². The largest absolute Gasteiger partial charge is 0.490 e. The highest BCUT2D eigenvalue weighted by atomic mass is 19.4. The van der Waals surface area contributed by atoms with Crippen LogP contribution in [0.15, 0.2) is 24.5 Å². The summed E-state index contributed by atoms with van der Waals surface area (Å²) >= 11 is 0. The predicted molar refractivity (Wildman–Crippen MR) is 103 cm³/mol. The molecule has 0 aromatic carbocycles. The van der Waals surface area contributed by atoms with Crippen molar-refractivity contribution in [2.45, 2.75) is 44.4 Å². The first-order chi connectivity index (χ1) is 14.6. The molecule has 3 rings (SSSR count). The van der Waals surface area contributed by atoms with Gasteiger partial charge in [-0.25, -0.2) is 4.79 Å². The molecular weight excluding hydrogens is 419 g/mol. The summed E-state index contributed by atoms with van der Waals surface area (Å²) in [6.45, 7) is 4.79. The minimum atomic E-state index is -5.08. The van der Waals surface area contributed by atoms with Crippen molar-refractivity contribution < 1.29 is 37.4 Å². The average Bonchev–Trinajstić information content (AvgIpc) is 3.11. The van der Waals surface area contributed by atoms with Gasteiger partial charge in [-0.1, -0.05) is 6.92 Å². The van der Waals surface area contributed by atoms with E-state index >= 15 is 0 Å². The zero-order valence-electron chi connectivity index (χ0n) is 17.2. The zero-order chi connectivity index (χ0) is 23.1. The maximum atomic E-state index is 12.0. The van der Waals surface area contributed by atoms with Gasteiger partial charge in [0.1, 0.15) is 5.60 Å². The number of amides is 2. The summed E-state index contributed by atoms with van der Waals surface area (Å²) in [6, 6.07) is 3.51. The second kappa shape index (κ2) is 10.6. The lowest BCUT2D eigenvalue weighted by molar-refractivity contribution is -0.192. The highest BCUT2D eigenvalue weighted by Crippen LogP contribution is 2.41. The Labute approximate surface area is 177 Å². The summed E-state index contributed by atoms with van der Waals surface area (Å²) < 4.78 is 37.7. The number of carbonyl (C=O) groups excluding carboxylic acids is 2. The van der Waals surface area contributed by atoms with Crippen LogP contribution in [-0.2, 0) is 14.3 Å². The van der Waals surface area contributed by atoms with Crippen LogP contribution in [0.4, 0.5) is 13.2 Å². The smallest absolute Gasteiger partial charge is 0.475 e. The first-order valence-corrected chi connectivity index (χ1v) is 9.99. The molecule has 8 nitrogen and oxygen atoms in total. The number of ether oxygens (including phenoxy) is 1. The van der Waals surface area contributed by atoms with E-state index in [0.717, 1.165) is 25.9 Å². The number of hydrogen-bond acceptors (Lipinski definition) is 5. The third kappa shape index (κ3) is 6.65. The number of halogens is 3. The zero-order valence-corrected chi connectivity index (χ0v) is 17.2. The van der Waals surface area contributed by atoms with Gasteiger partial charge in [0.15, 0.2) is 0 Å². The topological polar surface area (TPSA) is 109 Å². The quantitative estimate of drug-likeness (QED) is 0.695. The Balaban J connectivity index is 0.000000423. The fraction of sp³-hybridized carbons (Fsp3) is 0.600. The van der Waals surface area contributed by atoms with E-state index in [1.54, 1.807) is 24.5 Å². The van der Waals surface area contributed by atoms with Crippen molar-refractivity contribution in [2.75, 3.05) is 26.2 Å². The molecule has 1 atom stereocenters. The van der Waals surface area contributed by atoms with Gasteiger partial charge in [-0.05, 0) is 37.3 Å². The van der Waals surface area contributed by atoms with Gasteiger partial charge >= 0.3 is 12.1 Å². The second-order valence-electron chi connectivity index (χ2n) is 7.49. The van der Waals surface area contributed by atoms with Gasteiger partial charge in [-0.15, -0.1) is 0 Å². The Bertz CT molecular complexity index is 767. The van der Waals surface area contributed by atoms with E-state index in [1.807, 2.05) is 11.8 Å². The number of aliphatic carboxylic acids is 1. The van der Waals surface area contributed by atoms with E-state index in [4.69, 9.17) is 14.6 Å². The van der Waals surface area contributed by atoms with Crippen LogP contribution in [-0.4, -0.2) is 70.8 Å². The van der Waals surface area contributed by atoms with E-state index in [-0.39, 0.29) is 17.4 Å². The number of pyridine rings is 1. The van der Waals surface area contributed by atoms with Gasteiger partial charge in [-0.3, -0.25) is 14.6 Å². The van der Waals surface area contributed by atoms with E-state index in [0.29, 0.717) is 37.5 Å². The molecule has 0 aliphatic carbocycles. The van der Waals surface area contributed by atoms with Crippen LogP contribution >= 0.6 is 0 Å². The predicted octanol–water partition coefficient (Wildman–Crippen LogP) is 2.25. The molecule has 1 unspecified atom stereocenters. The van der Waals surface area contributed by atoms with Crippen molar-refractivity contribution in [2.24, 2.45) is 5.92 Å². The lowest BCUT2D eigenvalue weighted by Crippen LogP contribution is -2.66. The molecule has 172 valence electrons. The minimum absolute atomic E-state index is 0.0931. The number of hydrogen-bond donors (Lipinski definition) is 2. The van der Waals surface area contributed by atoms with E-state index < -0.39 is 12.1 Å². The fourth-order valence-corrected chi connectivity index (χ4v) is 3.65. The molecule has 1 aromatic rings. The highest BCUT2D eigenvalue weighted by Gasteiger charge is 2.53. The molecule has 2 saturated heterocycles. The van der Waals surface area contributed by atoms with Gasteiger partial charge in [0.25, 0.3) is 5.91 Å². The van der Waals surface area contributed by atoms with Crippen LogP contribution in [0.5, 0.6) is 0 Å².